The number of ether oxygens (including phenoxy) is 2. The van der Waals surface area contributed by atoms with Crippen LogP contribution in [0.3, 0.4) is 0 Å². The number of nitrogens with two attached hydrogens (primary N) is 1. The molecule has 18 heavy (non-hydrogen) atoms. The van der Waals surface area contributed by atoms with Crippen LogP contribution in [-0.2, 0) is 9.47 Å². The molecule has 106 valence electrons. The monoisotopic (exact) mass is 255 g/mol. The minimum atomic E-state index is 0.137. The van der Waals surface area contributed by atoms with Crippen LogP contribution in [0.2, 0.25) is 0 Å². The van der Waals surface area contributed by atoms with Crippen molar-refractivity contribution < 1.29 is 9.47 Å². The van der Waals surface area contributed by atoms with E-state index in [1.807, 2.05) is 0 Å². The zero-order valence-electron chi connectivity index (χ0n) is 12.1. The summed E-state index contributed by atoms with van der Waals surface area (Å²) < 4.78 is 12.0. The molecule has 2 N–H and O–H groups in total. The van der Waals surface area contributed by atoms with Gasteiger partial charge in [-0.1, -0.05) is 20.8 Å². The molecular weight excluding hydrogens is 226 g/mol. The zero-order valence-corrected chi connectivity index (χ0v) is 12.1. The Bertz CT molecular complexity index is 249. The van der Waals surface area contributed by atoms with Crippen LogP contribution in [0.15, 0.2) is 0 Å². The van der Waals surface area contributed by atoms with Gasteiger partial charge < -0.3 is 15.2 Å². The average molecular weight is 255 g/mol. The molecule has 0 aromatic carbocycles. The Kier molecular flexibility index (Phi) is 5.05. The molecule has 2 rings (SSSR count). The number of hydrogen-bond acceptors (Lipinski definition) is 3. The second-order valence-electron chi connectivity index (χ2n) is 6.45. The van der Waals surface area contributed by atoms with Gasteiger partial charge in [-0.05, 0) is 43.9 Å². The van der Waals surface area contributed by atoms with E-state index in [1.54, 1.807) is 0 Å². The number of hydrogen-bond donors (Lipinski definition) is 1. The highest BCUT2D eigenvalue weighted by Gasteiger charge is 2.42. The fraction of sp³-hybridized carbons (Fsp3) is 1.00. The first-order valence-corrected chi connectivity index (χ1v) is 7.62. The van der Waals surface area contributed by atoms with Crippen LogP contribution in [0, 0.1) is 11.8 Å². The van der Waals surface area contributed by atoms with Crippen molar-refractivity contribution in [2.75, 3.05) is 6.61 Å². The minimum Gasteiger partial charge on any atom is -0.374 e. The molecule has 0 amide bonds. The maximum Gasteiger partial charge on any atom is 0.0988 e. The van der Waals surface area contributed by atoms with Gasteiger partial charge in [0.1, 0.15) is 0 Å². The molecule has 0 heterocycles. The number of rotatable bonds is 5. The third-order valence-electron chi connectivity index (χ3n) is 4.31. The van der Waals surface area contributed by atoms with Crippen LogP contribution in [0.1, 0.15) is 52.9 Å². The molecule has 3 nitrogen and oxygen atoms in total. The van der Waals surface area contributed by atoms with Gasteiger partial charge in [-0.15, -0.1) is 0 Å². The van der Waals surface area contributed by atoms with Crippen molar-refractivity contribution >= 4 is 0 Å². The van der Waals surface area contributed by atoms with Gasteiger partial charge in [0, 0.05) is 12.6 Å². The van der Waals surface area contributed by atoms with E-state index in [1.165, 1.54) is 19.3 Å². The Morgan fingerprint density at radius 2 is 1.72 bits per heavy atom. The highest BCUT2D eigenvalue weighted by molar-refractivity contribution is 4.96. The Hall–Kier alpha value is -0.120. The van der Waals surface area contributed by atoms with Crippen molar-refractivity contribution in [1.29, 1.82) is 0 Å². The largest absolute Gasteiger partial charge is 0.374 e. The minimum absolute atomic E-state index is 0.137. The van der Waals surface area contributed by atoms with Gasteiger partial charge in [0.2, 0.25) is 0 Å². The molecule has 0 bridgehead atoms. The maximum atomic E-state index is 6.24. The SMILES string of the molecule is CCCOC1C(N)CC1OC1CC(C)CC(C)C1. The normalized spacial score (nSPS) is 44.7. The van der Waals surface area contributed by atoms with Crippen LogP contribution in [0.5, 0.6) is 0 Å². The van der Waals surface area contributed by atoms with E-state index in [0.29, 0.717) is 6.10 Å². The highest BCUT2D eigenvalue weighted by atomic mass is 16.6. The Morgan fingerprint density at radius 1 is 1.06 bits per heavy atom. The summed E-state index contributed by atoms with van der Waals surface area (Å²) in [7, 11) is 0. The van der Waals surface area contributed by atoms with Gasteiger partial charge in [0.25, 0.3) is 0 Å². The molecular formula is C15H29NO2. The van der Waals surface area contributed by atoms with E-state index >= 15 is 0 Å². The summed E-state index contributed by atoms with van der Waals surface area (Å²) in [5, 5.41) is 0. The molecule has 2 saturated carbocycles. The first-order chi connectivity index (χ1) is 8.60. The van der Waals surface area contributed by atoms with Crippen molar-refractivity contribution in [2.24, 2.45) is 17.6 Å². The van der Waals surface area contributed by atoms with Crippen molar-refractivity contribution in [2.45, 2.75) is 77.2 Å². The molecule has 2 aliphatic carbocycles. The lowest BCUT2D eigenvalue weighted by Crippen LogP contribution is -2.59. The summed E-state index contributed by atoms with van der Waals surface area (Å²) in [6.45, 7) is 7.60. The van der Waals surface area contributed by atoms with Gasteiger partial charge in [-0.3, -0.25) is 0 Å². The quantitative estimate of drug-likeness (QED) is 0.821. The van der Waals surface area contributed by atoms with Gasteiger partial charge in [-0.2, -0.15) is 0 Å². The molecule has 0 aromatic rings. The topological polar surface area (TPSA) is 44.5 Å². The maximum absolute atomic E-state index is 6.24. The molecule has 0 radical (unpaired) electrons. The lowest BCUT2D eigenvalue weighted by atomic mass is 9.80. The van der Waals surface area contributed by atoms with Crippen LogP contribution in [0.4, 0.5) is 0 Å². The summed E-state index contributed by atoms with van der Waals surface area (Å²) in [6.07, 6.45) is 6.58. The summed E-state index contributed by atoms with van der Waals surface area (Å²) in [6, 6.07) is 0.181. The van der Waals surface area contributed by atoms with Crippen LogP contribution in [-0.4, -0.2) is 31.0 Å². The molecule has 5 atom stereocenters. The van der Waals surface area contributed by atoms with E-state index < -0.39 is 0 Å². The van der Waals surface area contributed by atoms with Crippen molar-refractivity contribution in [3.63, 3.8) is 0 Å². The highest BCUT2D eigenvalue weighted by Crippen LogP contribution is 2.34. The van der Waals surface area contributed by atoms with Crippen molar-refractivity contribution in [3.05, 3.63) is 0 Å². The van der Waals surface area contributed by atoms with E-state index in [4.69, 9.17) is 15.2 Å². The van der Waals surface area contributed by atoms with Crippen LogP contribution < -0.4 is 5.73 Å². The zero-order chi connectivity index (χ0) is 13.1. The second kappa shape index (κ2) is 6.36. The Balaban J connectivity index is 1.78. The summed E-state index contributed by atoms with van der Waals surface area (Å²) in [4.78, 5) is 0. The molecule has 2 fully saturated rings. The standard InChI is InChI=1S/C15H29NO2/c1-4-5-17-15-13(16)9-14(15)18-12-7-10(2)6-11(3)8-12/h10-15H,4-9,16H2,1-3H3. The molecule has 0 saturated heterocycles. The molecule has 2 aliphatic rings. The van der Waals surface area contributed by atoms with E-state index in [-0.39, 0.29) is 18.2 Å². The molecule has 3 heteroatoms. The van der Waals surface area contributed by atoms with E-state index in [9.17, 15) is 0 Å². The third kappa shape index (κ3) is 3.46. The van der Waals surface area contributed by atoms with Gasteiger partial charge in [-0.25, -0.2) is 0 Å². The van der Waals surface area contributed by atoms with Crippen LogP contribution in [0.25, 0.3) is 0 Å². The first-order valence-electron chi connectivity index (χ1n) is 7.62. The summed E-state index contributed by atoms with van der Waals surface area (Å²) >= 11 is 0. The Labute approximate surface area is 111 Å². The summed E-state index contributed by atoms with van der Waals surface area (Å²) in [5.74, 6) is 1.59. The van der Waals surface area contributed by atoms with Gasteiger partial charge >= 0.3 is 0 Å². The van der Waals surface area contributed by atoms with Crippen molar-refractivity contribution in [1.82, 2.24) is 0 Å². The Morgan fingerprint density at radius 3 is 2.28 bits per heavy atom. The van der Waals surface area contributed by atoms with Gasteiger partial charge in [0.15, 0.2) is 0 Å². The van der Waals surface area contributed by atoms with Gasteiger partial charge in [0.05, 0.1) is 18.3 Å². The third-order valence-corrected chi connectivity index (χ3v) is 4.31. The molecule has 0 aromatic heterocycles. The fourth-order valence-corrected chi connectivity index (χ4v) is 3.47. The van der Waals surface area contributed by atoms with Crippen LogP contribution >= 0.6 is 0 Å². The lowest BCUT2D eigenvalue weighted by Gasteiger charge is -2.45. The van der Waals surface area contributed by atoms with E-state index in [2.05, 4.69) is 20.8 Å². The summed E-state index contributed by atoms with van der Waals surface area (Å²) in [5.41, 5.74) is 6.01. The van der Waals surface area contributed by atoms with E-state index in [0.717, 1.165) is 31.3 Å². The molecule has 0 spiro atoms. The molecule has 0 aliphatic heterocycles. The smallest absolute Gasteiger partial charge is 0.0988 e. The lowest BCUT2D eigenvalue weighted by molar-refractivity contribution is -0.171. The fourth-order valence-electron chi connectivity index (χ4n) is 3.47. The predicted molar refractivity (Wildman–Crippen MR) is 73.5 cm³/mol. The second-order valence-corrected chi connectivity index (χ2v) is 6.45. The average Bonchev–Trinajstić information content (AvgIpc) is 2.27. The van der Waals surface area contributed by atoms with Crippen molar-refractivity contribution in [3.8, 4) is 0 Å². The first kappa shape index (κ1) is 14.3. The molecule has 5 unspecified atom stereocenters. The predicted octanol–water partition coefficient (Wildman–Crippen LogP) is 2.72.